The van der Waals surface area contributed by atoms with Crippen LogP contribution in [0.3, 0.4) is 0 Å². The van der Waals surface area contributed by atoms with Gasteiger partial charge in [0.2, 0.25) is 0 Å². The summed E-state index contributed by atoms with van der Waals surface area (Å²) in [5, 5.41) is 19.5. The molecular weight excluding hydrogens is 270 g/mol. The number of carbonyl (C=O) groups excluding carboxylic acids is 2. The number of aromatic nitrogens is 1. The van der Waals surface area contributed by atoms with E-state index in [1.807, 2.05) is 0 Å². The van der Waals surface area contributed by atoms with Gasteiger partial charge in [0.05, 0.1) is 6.61 Å². The molecule has 0 saturated heterocycles. The van der Waals surface area contributed by atoms with E-state index in [-0.39, 0.29) is 11.4 Å². The molecule has 20 heavy (non-hydrogen) atoms. The second kappa shape index (κ2) is 6.33. The van der Waals surface area contributed by atoms with Gasteiger partial charge in [0.25, 0.3) is 11.8 Å². The van der Waals surface area contributed by atoms with E-state index in [2.05, 4.69) is 15.3 Å². The summed E-state index contributed by atoms with van der Waals surface area (Å²) in [4.78, 5) is 39.4. The number of guanidine groups is 1. The number of H-pyrrole nitrogens is 1. The Morgan fingerprint density at radius 3 is 2.40 bits per heavy atom. The molecule has 0 fully saturated rings. The lowest BCUT2D eigenvalue weighted by atomic mass is 10.3. The Balaban J connectivity index is 2.81. The number of aliphatic hydroxyl groups is 1. The molecule has 8 N–H and O–H groups in total. The van der Waals surface area contributed by atoms with Gasteiger partial charge in [-0.3, -0.25) is 9.59 Å². The number of amides is 2. The molecule has 0 aliphatic rings. The fourth-order valence-corrected chi connectivity index (χ4v) is 1.25. The highest BCUT2D eigenvalue weighted by molar-refractivity contribution is 6.02. The fraction of sp³-hybridized carbons (Fsp3) is 0.200. The normalized spacial score (nSPS) is 11.4. The van der Waals surface area contributed by atoms with Crippen LogP contribution >= 0.6 is 0 Å². The average Bonchev–Trinajstić information content (AvgIpc) is 2.84. The van der Waals surface area contributed by atoms with E-state index >= 15 is 0 Å². The molecule has 2 amide bonds. The number of aromatic amines is 1. The van der Waals surface area contributed by atoms with Crippen LogP contribution in [0.25, 0.3) is 0 Å². The number of carboxylic acids is 1. The highest BCUT2D eigenvalue weighted by Crippen LogP contribution is 2.04. The van der Waals surface area contributed by atoms with Gasteiger partial charge in [0.1, 0.15) is 11.4 Å². The molecule has 0 bridgehead atoms. The highest BCUT2D eigenvalue weighted by atomic mass is 16.4. The topological polar surface area (TPSA) is 184 Å². The second-order valence-corrected chi connectivity index (χ2v) is 3.67. The van der Waals surface area contributed by atoms with Crippen molar-refractivity contribution < 1.29 is 24.6 Å². The highest BCUT2D eigenvalue weighted by Gasteiger charge is 2.21. The Morgan fingerprint density at radius 1 is 1.30 bits per heavy atom. The van der Waals surface area contributed by atoms with E-state index in [0.29, 0.717) is 0 Å². The van der Waals surface area contributed by atoms with Gasteiger partial charge in [-0.05, 0) is 12.1 Å². The van der Waals surface area contributed by atoms with Crippen molar-refractivity contribution in [2.45, 2.75) is 6.04 Å². The first-order valence-electron chi connectivity index (χ1n) is 5.32. The minimum Gasteiger partial charge on any atom is -0.480 e. The molecule has 0 unspecified atom stereocenters. The monoisotopic (exact) mass is 283 g/mol. The molecule has 1 rings (SSSR count). The van der Waals surface area contributed by atoms with Gasteiger partial charge < -0.3 is 32.0 Å². The third-order valence-electron chi connectivity index (χ3n) is 2.18. The van der Waals surface area contributed by atoms with Crippen molar-refractivity contribution >= 4 is 23.7 Å². The van der Waals surface area contributed by atoms with E-state index in [1.54, 1.807) is 0 Å². The van der Waals surface area contributed by atoms with Gasteiger partial charge in [-0.25, -0.2) is 4.79 Å². The van der Waals surface area contributed by atoms with Gasteiger partial charge >= 0.3 is 5.97 Å². The maximum absolute atomic E-state index is 11.7. The number of aliphatic hydroxyl groups excluding tert-OH is 1. The largest absolute Gasteiger partial charge is 0.480 e. The maximum atomic E-state index is 11.7. The second-order valence-electron chi connectivity index (χ2n) is 3.67. The van der Waals surface area contributed by atoms with Crippen molar-refractivity contribution in [3.63, 3.8) is 0 Å². The van der Waals surface area contributed by atoms with E-state index in [1.165, 1.54) is 12.1 Å². The van der Waals surface area contributed by atoms with Crippen molar-refractivity contribution in [2.75, 3.05) is 6.61 Å². The Hall–Kier alpha value is -2.88. The van der Waals surface area contributed by atoms with Crippen molar-refractivity contribution in [2.24, 2.45) is 16.5 Å². The van der Waals surface area contributed by atoms with Gasteiger partial charge in [-0.1, -0.05) is 0 Å². The number of hydrogen-bond acceptors (Lipinski definition) is 4. The predicted octanol–water partition coefficient (Wildman–Crippen LogP) is -2.40. The first kappa shape index (κ1) is 15.2. The SMILES string of the molecule is NC(N)=NC(=O)c1ccc(C(=O)N[C@@H](CO)C(=O)O)[nH]1. The summed E-state index contributed by atoms with van der Waals surface area (Å²) in [7, 11) is 0. The zero-order valence-electron chi connectivity index (χ0n) is 10.2. The van der Waals surface area contributed by atoms with Crippen LogP contribution in [0, 0.1) is 0 Å². The van der Waals surface area contributed by atoms with E-state index in [9.17, 15) is 14.4 Å². The van der Waals surface area contributed by atoms with E-state index in [0.717, 1.165) is 0 Å². The number of aliphatic carboxylic acids is 1. The molecule has 0 radical (unpaired) electrons. The van der Waals surface area contributed by atoms with Crippen LogP contribution in [0.4, 0.5) is 0 Å². The van der Waals surface area contributed by atoms with Crippen LogP contribution in [-0.4, -0.2) is 51.6 Å². The third kappa shape index (κ3) is 3.81. The quantitative estimate of drug-likeness (QED) is 0.257. The minimum atomic E-state index is -1.44. The first-order valence-corrected chi connectivity index (χ1v) is 5.32. The Bertz CT molecular complexity index is 560. The van der Waals surface area contributed by atoms with E-state index < -0.39 is 36.4 Å². The molecule has 10 heteroatoms. The van der Waals surface area contributed by atoms with Gasteiger partial charge in [0.15, 0.2) is 12.0 Å². The summed E-state index contributed by atoms with van der Waals surface area (Å²) < 4.78 is 0. The summed E-state index contributed by atoms with van der Waals surface area (Å²) in [6.07, 6.45) is 0. The lowest BCUT2D eigenvalue weighted by molar-refractivity contribution is -0.140. The molecule has 0 spiro atoms. The number of carbonyl (C=O) groups is 3. The van der Waals surface area contributed by atoms with Gasteiger partial charge in [0, 0.05) is 0 Å². The van der Waals surface area contributed by atoms with Crippen molar-refractivity contribution in [1.29, 1.82) is 0 Å². The number of hydrogen-bond donors (Lipinski definition) is 6. The molecule has 1 aromatic heterocycles. The summed E-state index contributed by atoms with van der Waals surface area (Å²) in [6.45, 7) is -0.762. The number of rotatable bonds is 5. The molecule has 1 heterocycles. The van der Waals surface area contributed by atoms with Crippen molar-refractivity contribution in [3.05, 3.63) is 23.5 Å². The summed E-state index contributed by atoms with van der Waals surface area (Å²) >= 11 is 0. The van der Waals surface area contributed by atoms with Crippen LogP contribution in [0.15, 0.2) is 17.1 Å². The molecule has 0 aliphatic heterocycles. The lowest BCUT2D eigenvalue weighted by Gasteiger charge is -2.10. The number of carboxylic acid groups (broad SMARTS) is 1. The Labute approximate surface area is 112 Å². The summed E-state index contributed by atoms with van der Waals surface area (Å²) in [6, 6.07) is 1.07. The van der Waals surface area contributed by atoms with Crippen LogP contribution in [0.2, 0.25) is 0 Å². The molecular formula is C10H13N5O5. The number of aliphatic imine (C=N–C) groups is 1. The minimum absolute atomic E-state index is 0.0422. The molecule has 0 aliphatic carbocycles. The van der Waals surface area contributed by atoms with Gasteiger partial charge in [-0.15, -0.1) is 0 Å². The number of nitrogens with one attached hydrogen (secondary N) is 2. The molecule has 10 nitrogen and oxygen atoms in total. The average molecular weight is 283 g/mol. The standard InChI is InChI=1S/C10H13N5O5/c11-10(12)15-8(18)5-2-1-4(13-5)7(17)14-6(3-16)9(19)20/h1-2,6,13,16H,3H2,(H,14,17)(H,19,20)(H4,11,12,15,18)/t6-/m0/s1. The van der Waals surface area contributed by atoms with Crippen LogP contribution < -0.4 is 16.8 Å². The van der Waals surface area contributed by atoms with Gasteiger partial charge in [-0.2, -0.15) is 4.99 Å². The smallest absolute Gasteiger partial charge is 0.328 e. The maximum Gasteiger partial charge on any atom is 0.328 e. The Kier molecular flexibility index (Phi) is 4.81. The zero-order valence-corrected chi connectivity index (χ0v) is 10.2. The van der Waals surface area contributed by atoms with Crippen LogP contribution in [0.1, 0.15) is 21.0 Å². The zero-order chi connectivity index (χ0) is 15.3. The lowest BCUT2D eigenvalue weighted by Crippen LogP contribution is -2.43. The molecule has 108 valence electrons. The van der Waals surface area contributed by atoms with Crippen LogP contribution in [0.5, 0.6) is 0 Å². The number of nitrogens with two attached hydrogens (primary N) is 2. The number of nitrogens with zero attached hydrogens (tertiary/aromatic N) is 1. The van der Waals surface area contributed by atoms with Crippen LogP contribution in [-0.2, 0) is 4.79 Å². The van der Waals surface area contributed by atoms with E-state index in [4.69, 9.17) is 21.7 Å². The van der Waals surface area contributed by atoms with Crippen molar-refractivity contribution in [1.82, 2.24) is 10.3 Å². The summed E-state index contributed by atoms with van der Waals surface area (Å²) in [5.41, 5.74) is 9.96. The van der Waals surface area contributed by atoms with Crippen molar-refractivity contribution in [3.8, 4) is 0 Å². The summed E-state index contributed by atoms with van der Waals surface area (Å²) in [5.74, 6) is -3.39. The molecule has 0 aromatic carbocycles. The molecule has 1 aromatic rings. The Morgan fingerprint density at radius 2 is 1.90 bits per heavy atom. The first-order chi connectivity index (χ1) is 9.35. The molecule has 0 saturated carbocycles. The fourth-order valence-electron chi connectivity index (χ4n) is 1.25. The third-order valence-corrected chi connectivity index (χ3v) is 2.18. The molecule has 1 atom stereocenters. The predicted molar refractivity (Wildman–Crippen MR) is 66.9 cm³/mol.